The highest BCUT2D eigenvalue weighted by atomic mass is 32.2. The van der Waals surface area contributed by atoms with E-state index in [-0.39, 0.29) is 10.8 Å². The number of aromatic nitrogens is 1. The predicted molar refractivity (Wildman–Crippen MR) is 129 cm³/mol. The number of nitrogens with zero attached hydrogens (tertiary/aromatic N) is 1. The smallest absolute Gasteiger partial charge is 0.268 e. The Morgan fingerprint density at radius 1 is 0.939 bits per heavy atom. The first kappa shape index (κ1) is 22.6. The molecule has 4 aromatic rings. The molecule has 0 bridgehead atoms. The van der Waals surface area contributed by atoms with Crippen molar-refractivity contribution < 1.29 is 17.9 Å². The highest BCUT2D eigenvalue weighted by molar-refractivity contribution is 7.90. The molecule has 0 aliphatic carbocycles. The predicted octanol–water partition coefficient (Wildman–Crippen LogP) is 4.01. The van der Waals surface area contributed by atoms with Gasteiger partial charge in [-0.2, -0.15) is 0 Å². The van der Waals surface area contributed by atoms with Crippen molar-refractivity contribution in [3.8, 4) is 5.75 Å². The average molecular weight is 464 g/mol. The van der Waals surface area contributed by atoms with Crippen LogP contribution in [0.4, 0.5) is 5.69 Å². The fourth-order valence-corrected chi connectivity index (χ4v) is 4.90. The van der Waals surface area contributed by atoms with Gasteiger partial charge in [0.2, 0.25) is 5.91 Å². The van der Waals surface area contributed by atoms with Crippen LogP contribution in [0.2, 0.25) is 0 Å². The largest absolute Gasteiger partial charge is 0.492 e. The van der Waals surface area contributed by atoms with Crippen molar-refractivity contribution >= 4 is 32.5 Å². The summed E-state index contributed by atoms with van der Waals surface area (Å²) in [4.78, 5) is 11.3. The first-order valence-corrected chi connectivity index (χ1v) is 12.0. The van der Waals surface area contributed by atoms with E-state index >= 15 is 0 Å². The molecule has 170 valence electrons. The van der Waals surface area contributed by atoms with Crippen LogP contribution < -0.4 is 15.4 Å². The van der Waals surface area contributed by atoms with Crippen molar-refractivity contribution in [2.75, 3.05) is 18.5 Å². The lowest BCUT2D eigenvalue weighted by Gasteiger charge is -2.11. The van der Waals surface area contributed by atoms with Gasteiger partial charge in [-0.15, -0.1) is 0 Å². The van der Waals surface area contributed by atoms with Crippen molar-refractivity contribution in [2.24, 2.45) is 0 Å². The lowest BCUT2D eigenvalue weighted by molar-refractivity contribution is -0.114. The maximum atomic E-state index is 13.0. The zero-order valence-corrected chi connectivity index (χ0v) is 19.0. The third-order valence-electron chi connectivity index (χ3n) is 5.10. The van der Waals surface area contributed by atoms with Gasteiger partial charge in [0.1, 0.15) is 12.4 Å². The van der Waals surface area contributed by atoms with Crippen LogP contribution in [0, 0.1) is 0 Å². The normalized spacial score (nSPS) is 11.4. The molecule has 0 spiro atoms. The number of carbonyl (C=O) groups excluding carboxylic acids is 1. The number of nitrogens with one attached hydrogen (secondary N) is 2. The Kier molecular flexibility index (Phi) is 6.76. The molecule has 0 fully saturated rings. The van der Waals surface area contributed by atoms with Gasteiger partial charge in [-0.25, -0.2) is 12.4 Å². The molecular formula is C25H25N3O4S. The fourth-order valence-electron chi connectivity index (χ4n) is 3.53. The number of rotatable bonds is 9. The molecule has 0 aliphatic heterocycles. The van der Waals surface area contributed by atoms with E-state index < -0.39 is 10.0 Å². The van der Waals surface area contributed by atoms with Crippen molar-refractivity contribution in [1.29, 1.82) is 0 Å². The second-order valence-electron chi connectivity index (χ2n) is 7.52. The molecule has 4 rings (SSSR count). The molecule has 0 aliphatic rings. The van der Waals surface area contributed by atoms with E-state index in [9.17, 15) is 13.2 Å². The zero-order chi connectivity index (χ0) is 23.3. The van der Waals surface area contributed by atoms with Gasteiger partial charge in [0.15, 0.2) is 0 Å². The number of benzene rings is 3. The van der Waals surface area contributed by atoms with E-state index in [0.717, 1.165) is 16.6 Å². The fraction of sp³-hybridized carbons (Fsp3) is 0.160. The molecule has 7 nitrogen and oxygen atoms in total. The minimum atomic E-state index is -3.68. The molecule has 0 atom stereocenters. The molecule has 33 heavy (non-hydrogen) atoms. The standard InChI is InChI=1S/C25H25N3O4S/c1-19(29)27-21-12-10-20(11-13-21)18-26-15-17-32-25-9-5-8-24-23(25)14-16-28(24)33(30,31)22-6-3-2-4-7-22/h2-14,16,26H,15,17-18H2,1H3,(H,27,29). The monoisotopic (exact) mass is 463 g/mol. The first-order chi connectivity index (χ1) is 15.9. The van der Waals surface area contributed by atoms with Crippen molar-refractivity contribution in [1.82, 2.24) is 9.29 Å². The summed E-state index contributed by atoms with van der Waals surface area (Å²) >= 11 is 0. The van der Waals surface area contributed by atoms with E-state index in [1.165, 1.54) is 10.9 Å². The van der Waals surface area contributed by atoms with Crippen LogP contribution in [0.5, 0.6) is 5.75 Å². The molecule has 0 unspecified atom stereocenters. The van der Waals surface area contributed by atoms with Gasteiger partial charge in [-0.1, -0.05) is 36.4 Å². The van der Waals surface area contributed by atoms with Gasteiger partial charge < -0.3 is 15.4 Å². The van der Waals surface area contributed by atoms with Crippen LogP contribution >= 0.6 is 0 Å². The topological polar surface area (TPSA) is 89.4 Å². The summed E-state index contributed by atoms with van der Waals surface area (Å²) in [5.74, 6) is 0.539. The molecular weight excluding hydrogens is 438 g/mol. The number of fused-ring (bicyclic) bond motifs is 1. The van der Waals surface area contributed by atoms with Crippen LogP contribution in [-0.2, 0) is 21.4 Å². The SMILES string of the molecule is CC(=O)Nc1ccc(CNCCOc2cccc3c2ccn3S(=O)(=O)c2ccccc2)cc1. The van der Waals surface area contributed by atoms with Crippen molar-refractivity contribution in [3.63, 3.8) is 0 Å². The van der Waals surface area contributed by atoms with Gasteiger partial charge in [-0.3, -0.25) is 4.79 Å². The average Bonchev–Trinajstić information content (AvgIpc) is 3.26. The molecule has 1 amide bonds. The van der Waals surface area contributed by atoms with E-state index in [2.05, 4.69) is 10.6 Å². The van der Waals surface area contributed by atoms with Gasteiger partial charge in [0.25, 0.3) is 10.0 Å². The summed E-state index contributed by atoms with van der Waals surface area (Å²) in [5.41, 5.74) is 2.43. The number of hydrogen-bond donors (Lipinski definition) is 2. The second kappa shape index (κ2) is 9.89. The Balaban J connectivity index is 1.37. The minimum Gasteiger partial charge on any atom is -0.492 e. The summed E-state index contributed by atoms with van der Waals surface area (Å²) in [6, 6.07) is 23.2. The molecule has 0 radical (unpaired) electrons. The highest BCUT2D eigenvalue weighted by Gasteiger charge is 2.19. The third-order valence-corrected chi connectivity index (χ3v) is 6.80. The molecule has 0 saturated carbocycles. The van der Waals surface area contributed by atoms with Gasteiger partial charge in [-0.05, 0) is 48.0 Å². The van der Waals surface area contributed by atoms with Crippen LogP contribution in [0.15, 0.2) is 90.0 Å². The lowest BCUT2D eigenvalue weighted by Crippen LogP contribution is -2.20. The minimum absolute atomic E-state index is 0.0962. The first-order valence-electron chi connectivity index (χ1n) is 10.6. The summed E-state index contributed by atoms with van der Waals surface area (Å²) in [6.07, 6.45) is 1.56. The van der Waals surface area contributed by atoms with E-state index in [4.69, 9.17) is 4.74 Å². The number of hydrogen-bond acceptors (Lipinski definition) is 5. The number of carbonyl (C=O) groups is 1. The molecule has 0 saturated heterocycles. The Hall–Kier alpha value is -3.62. The van der Waals surface area contributed by atoms with Crippen LogP contribution in [0.25, 0.3) is 10.9 Å². The molecule has 1 aromatic heterocycles. The zero-order valence-electron chi connectivity index (χ0n) is 18.2. The van der Waals surface area contributed by atoms with Gasteiger partial charge in [0.05, 0.1) is 10.4 Å². The quantitative estimate of drug-likeness (QED) is 0.366. The highest BCUT2D eigenvalue weighted by Crippen LogP contribution is 2.29. The maximum Gasteiger partial charge on any atom is 0.268 e. The third kappa shape index (κ3) is 5.24. The summed E-state index contributed by atoms with van der Waals surface area (Å²) in [7, 11) is -3.68. The maximum absolute atomic E-state index is 13.0. The molecule has 8 heteroatoms. The second-order valence-corrected chi connectivity index (χ2v) is 9.34. The Labute approximate surface area is 193 Å². The van der Waals surface area contributed by atoms with E-state index in [1.807, 2.05) is 30.3 Å². The number of amides is 1. The van der Waals surface area contributed by atoms with Crippen molar-refractivity contribution in [2.45, 2.75) is 18.4 Å². The van der Waals surface area contributed by atoms with E-state index in [1.54, 1.807) is 54.7 Å². The molecule has 2 N–H and O–H groups in total. The molecule has 3 aromatic carbocycles. The number of anilines is 1. The van der Waals surface area contributed by atoms with Crippen LogP contribution in [0.1, 0.15) is 12.5 Å². The Bertz CT molecular complexity index is 1350. The van der Waals surface area contributed by atoms with Crippen LogP contribution in [0.3, 0.4) is 0 Å². The Morgan fingerprint density at radius 2 is 1.70 bits per heavy atom. The lowest BCUT2D eigenvalue weighted by atomic mass is 10.2. The molecule has 1 heterocycles. The van der Waals surface area contributed by atoms with Crippen molar-refractivity contribution in [3.05, 3.63) is 90.6 Å². The van der Waals surface area contributed by atoms with Gasteiger partial charge in [0, 0.05) is 37.3 Å². The van der Waals surface area contributed by atoms with E-state index in [0.29, 0.717) is 31.0 Å². The summed E-state index contributed by atoms with van der Waals surface area (Å²) in [5, 5.41) is 6.80. The van der Waals surface area contributed by atoms with Gasteiger partial charge >= 0.3 is 0 Å². The summed E-state index contributed by atoms with van der Waals surface area (Å²) in [6.45, 7) is 3.19. The number of ether oxygens (including phenoxy) is 1. The Morgan fingerprint density at radius 3 is 2.42 bits per heavy atom. The van der Waals surface area contributed by atoms with Crippen LogP contribution in [-0.4, -0.2) is 31.4 Å². The summed E-state index contributed by atoms with van der Waals surface area (Å²) < 4.78 is 33.3.